The SMILES string of the molecule is CCS(=O)(=O)c1ccc(CNC(=O)N2CC(c3cccc(C4CC4)n3)C(c3cc(C4CC4)nn3C(C)C)C2)nc1. The molecule has 2 amide bonds. The van der Waals surface area contributed by atoms with E-state index in [9.17, 15) is 13.2 Å². The molecule has 3 aliphatic rings. The first-order chi connectivity index (χ1) is 19.2. The number of rotatable bonds is 9. The van der Waals surface area contributed by atoms with E-state index in [0.717, 1.165) is 11.4 Å². The molecule has 3 fully saturated rings. The number of aromatic nitrogens is 4. The molecule has 4 heterocycles. The van der Waals surface area contributed by atoms with Crippen LogP contribution in [0.3, 0.4) is 0 Å². The normalized spacial score (nSPS) is 21.2. The predicted octanol–water partition coefficient (Wildman–Crippen LogP) is 4.90. The molecule has 6 rings (SSSR count). The van der Waals surface area contributed by atoms with Crippen molar-refractivity contribution in [1.29, 1.82) is 0 Å². The van der Waals surface area contributed by atoms with Crippen molar-refractivity contribution in [2.75, 3.05) is 18.8 Å². The summed E-state index contributed by atoms with van der Waals surface area (Å²) in [7, 11) is -3.31. The number of hydrogen-bond donors (Lipinski definition) is 1. The van der Waals surface area contributed by atoms with E-state index in [4.69, 9.17) is 10.1 Å². The second-order valence-electron chi connectivity index (χ2n) is 11.7. The van der Waals surface area contributed by atoms with Crippen LogP contribution in [0.1, 0.15) is 105 Å². The lowest BCUT2D eigenvalue weighted by molar-refractivity contribution is 0.207. The number of amides is 2. The van der Waals surface area contributed by atoms with Gasteiger partial charge in [-0.1, -0.05) is 13.0 Å². The van der Waals surface area contributed by atoms with E-state index in [1.165, 1.54) is 43.3 Å². The fourth-order valence-corrected chi connectivity index (χ4v) is 6.51. The third-order valence-corrected chi connectivity index (χ3v) is 10.1. The van der Waals surface area contributed by atoms with Crippen LogP contribution in [0.4, 0.5) is 4.79 Å². The van der Waals surface area contributed by atoms with Gasteiger partial charge in [0.05, 0.1) is 28.6 Å². The van der Waals surface area contributed by atoms with Crippen LogP contribution in [0, 0.1) is 0 Å². The van der Waals surface area contributed by atoms with Crippen LogP contribution < -0.4 is 5.32 Å². The van der Waals surface area contributed by atoms with Gasteiger partial charge < -0.3 is 10.2 Å². The van der Waals surface area contributed by atoms with Gasteiger partial charge in [-0.25, -0.2) is 13.2 Å². The lowest BCUT2D eigenvalue weighted by atomic mass is 9.89. The molecule has 1 saturated heterocycles. The summed E-state index contributed by atoms with van der Waals surface area (Å²) >= 11 is 0. The van der Waals surface area contributed by atoms with Gasteiger partial charge in [-0.05, 0) is 69.9 Å². The van der Waals surface area contributed by atoms with E-state index in [2.05, 4.69) is 53.1 Å². The van der Waals surface area contributed by atoms with Crippen molar-refractivity contribution < 1.29 is 13.2 Å². The molecule has 2 saturated carbocycles. The van der Waals surface area contributed by atoms with Crippen LogP contribution in [0.2, 0.25) is 0 Å². The van der Waals surface area contributed by atoms with Gasteiger partial charge in [0.1, 0.15) is 0 Å². The summed E-state index contributed by atoms with van der Waals surface area (Å²) in [6.07, 6.45) is 6.15. The molecule has 10 heteroatoms. The Morgan fingerprint density at radius 2 is 1.70 bits per heavy atom. The van der Waals surface area contributed by atoms with E-state index in [-0.39, 0.29) is 41.1 Å². The monoisotopic (exact) mass is 562 g/mol. The standard InChI is InChI=1S/C30H38N6O3S/c1-4-40(38,39)23-13-12-22(31-16-23)15-32-30(37)35-17-24(27-7-5-6-26(33-27)20-8-9-20)25(18-35)29-14-28(21-10-11-21)34-36(29)19(2)3/h5-7,12-14,16,19-21,24-25H,4,8-11,15,17-18H2,1-3H3,(H,32,37). The fourth-order valence-electron chi connectivity index (χ4n) is 5.69. The number of sulfone groups is 1. The van der Waals surface area contributed by atoms with Crippen LogP contribution >= 0.6 is 0 Å². The number of hydrogen-bond acceptors (Lipinski definition) is 6. The van der Waals surface area contributed by atoms with Crippen LogP contribution in [-0.2, 0) is 16.4 Å². The topological polar surface area (TPSA) is 110 Å². The van der Waals surface area contributed by atoms with Crippen molar-refractivity contribution in [3.8, 4) is 0 Å². The van der Waals surface area contributed by atoms with Gasteiger partial charge in [-0.2, -0.15) is 5.10 Å². The average molecular weight is 563 g/mol. The molecule has 2 unspecified atom stereocenters. The van der Waals surface area contributed by atoms with Crippen molar-refractivity contribution >= 4 is 15.9 Å². The third kappa shape index (κ3) is 5.50. The van der Waals surface area contributed by atoms with Gasteiger partial charge in [0, 0.05) is 66.1 Å². The van der Waals surface area contributed by atoms with E-state index in [1.807, 2.05) is 4.90 Å². The van der Waals surface area contributed by atoms with Crippen LogP contribution in [-0.4, -0.2) is 57.9 Å². The molecule has 212 valence electrons. The molecule has 0 radical (unpaired) electrons. The van der Waals surface area contributed by atoms with Gasteiger partial charge in [0.15, 0.2) is 9.84 Å². The molecule has 40 heavy (non-hydrogen) atoms. The Morgan fingerprint density at radius 3 is 2.35 bits per heavy atom. The maximum atomic E-state index is 13.4. The highest BCUT2D eigenvalue weighted by Crippen LogP contribution is 2.45. The van der Waals surface area contributed by atoms with Crippen molar-refractivity contribution in [2.24, 2.45) is 0 Å². The molecule has 1 aliphatic heterocycles. The summed E-state index contributed by atoms with van der Waals surface area (Å²) in [5.41, 5.74) is 5.18. The molecular formula is C30H38N6O3S. The molecule has 0 spiro atoms. The average Bonchev–Trinajstić information content (AvgIpc) is 3.90. The van der Waals surface area contributed by atoms with Gasteiger partial charge in [0.25, 0.3) is 0 Å². The summed E-state index contributed by atoms with van der Waals surface area (Å²) in [5, 5.41) is 8.00. The van der Waals surface area contributed by atoms with E-state index in [1.54, 1.807) is 19.1 Å². The van der Waals surface area contributed by atoms with Gasteiger partial charge in [-0.15, -0.1) is 0 Å². The highest BCUT2D eigenvalue weighted by molar-refractivity contribution is 7.91. The number of likely N-dealkylation sites (tertiary alicyclic amines) is 1. The minimum atomic E-state index is -3.31. The number of urea groups is 1. The summed E-state index contributed by atoms with van der Waals surface area (Å²) < 4.78 is 26.3. The molecule has 0 aromatic carbocycles. The van der Waals surface area contributed by atoms with Gasteiger partial charge in [0.2, 0.25) is 0 Å². The largest absolute Gasteiger partial charge is 0.332 e. The molecule has 9 nitrogen and oxygen atoms in total. The third-order valence-electron chi connectivity index (χ3n) is 8.38. The minimum absolute atomic E-state index is 0.0261. The highest BCUT2D eigenvalue weighted by atomic mass is 32.2. The first-order valence-corrected chi connectivity index (χ1v) is 16.2. The second kappa shape index (κ2) is 10.6. The molecular weight excluding hydrogens is 524 g/mol. The Morgan fingerprint density at radius 1 is 1.00 bits per heavy atom. The van der Waals surface area contributed by atoms with Crippen LogP contribution in [0.15, 0.2) is 47.5 Å². The molecule has 3 aromatic heterocycles. The lowest BCUT2D eigenvalue weighted by Crippen LogP contribution is -2.38. The summed E-state index contributed by atoms with van der Waals surface area (Å²) in [5.74, 6) is 1.31. The van der Waals surface area contributed by atoms with Gasteiger partial charge in [-0.3, -0.25) is 14.6 Å². The van der Waals surface area contributed by atoms with Crippen molar-refractivity contribution in [3.63, 3.8) is 0 Å². The van der Waals surface area contributed by atoms with Crippen molar-refractivity contribution in [3.05, 3.63) is 71.1 Å². The van der Waals surface area contributed by atoms with Crippen LogP contribution in [0.5, 0.6) is 0 Å². The van der Waals surface area contributed by atoms with E-state index in [0.29, 0.717) is 30.6 Å². The molecule has 2 atom stereocenters. The molecule has 1 N–H and O–H groups in total. The second-order valence-corrected chi connectivity index (χ2v) is 14.0. The van der Waals surface area contributed by atoms with E-state index >= 15 is 0 Å². The maximum Gasteiger partial charge on any atom is 0.317 e. The first-order valence-electron chi connectivity index (χ1n) is 14.5. The summed E-state index contributed by atoms with van der Waals surface area (Å²) in [4.78, 5) is 24.9. The highest BCUT2D eigenvalue weighted by Gasteiger charge is 2.41. The number of carbonyl (C=O) groups is 1. The van der Waals surface area contributed by atoms with Crippen molar-refractivity contribution in [2.45, 2.75) is 87.6 Å². The number of carbonyl (C=O) groups excluding carboxylic acids is 1. The zero-order valence-electron chi connectivity index (χ0n) is 23.5. The Balaban J connectivity index is 1.23. The Bertz CT molecular complexity index is 1490. The zero-order valence-corrected chi connectivity index (χ0v) is 24.3. The lowest BCUT2D eigenvalue weighted by Gasteiger charge is -2.21. The Kier molecular flexibility index (Phi) is 7.14. The van der Waals surface area contributed by atoms with Crippen molar-refractivity contribution in [1.82, 2.24) is 30.0 Å². The Hall–Kier alpha value is -3.27. The number of nitrogens with zero attached hydrogens (tertiary/aromatic N) is 5. The van der Waals surface area contributed by atoms with E-state index < -0.39 is 9.84 Å². The van der Waals surface area contributed by atoms with Crippen LogP contribution in [0.25, 0.3) is 0 Å². The first kappa shape index (κ1) is 26.9. The smallest absolute Gasteiger partial charge is 0.317 e. The fraction of sp³-hybridized carbons (Fsp3) is 0.533. The molecule has 3 aromatic rings. The maximum absolute atomic E-state index is 13.4. The Labute approximate surface area is 236 Å². The summed E-state index contributed by atoms with van der Waals surface area (Å²) in [6.45, 7) is 7.31. The molecule has 0 bridgehead atoms. The summed E-state index contributed by atoms with van der Waals surface area (Å²) in [6, 6.07) is 11.9. The number of nitrogens with one attached hydrogen (secondary N) is 1. The predicted molar refractivity (Wildman–Crippen MR) is 152 cm³/mol. The quantitative estimate of drug-likeness (QED) is 0.397. The number of pyridine rings is 2. The minimum Gasteiger partial charge on any atom is -0.332 e. The molecule has 2 aliphatic carbocycles. The van der Waals surface area contributed by atoms with Gasteiger partial charge >= 0.3 is 6.03 Å². The zero-order chi connectivity index (χ0) is 28.0.